The van der Waals surface area contributed by atoms with Gasteiger partial charge in [0, 0.05) is 10.9 Å². The van der Waals surface area contributed by atoms with Crippen LogP contribution in [0.1, 0.15) is 5.56 Å². The van der Waals surface area contributed by atoms with Gasteiger partial charge in [0.2, 0.25) is 0 Å². The highest BCUT2D eigenvalue weighted by Crippen LogP contribution is 2.22. The molecule has 0 radical (unpaired) electrons. The molecule has 4 rings (SSSR count). The smallest absolute Gasteiger partial charge is 0.0707 e. The van der Waals surface area contributed by atoms with Crippen molar-refractivity contribution in [2.45, 2.75) is 6.04 Å². The Morgan fingerprint density at radius 3 is 2.83 bits per heavy atom. The molecule has 1 N–H and O–H groups in total. The van der Waals surface area contributed by atoms with Crippen LogP contribution in [0.4, 0.5) is 5.69 Å². The molecular weight excluding hydrogens is 218 g/mol. The first-order valence-electron chi connectivity index (χ1n) is 6.26. The maximum Gasteiger partial charge on any atom is 0.0707 e. The van der Waals surface area contributed by atoms with E-state index in [4.69, 9.17) is 0 Å². The van der Waals surface area contributed by atoms with Crippen molar-refractivity contribution in [2.75, 3.05) is 5.32 Å². The number of fused-ring (bicyclic) bond motifs is 3. The van der Waals surface area contributed by atoms with Crippen LogP contribution in [0.5, 0.6) is 0 Å². The van der Waals surface area contributed by atoms with Crippen LogP contribution in [-0.2, 0) is 0 Å². The lowest BCUT2D eigenvalue weighted by Gasteiger charge is -2.11. The summed E-state index contributed by atoms with van der Waals surface area (Å²) in [6.07, 6.45) is 19.2. The van der Waals surface area contributed by atoms with Crippen LogP contribution in [0.3, 0.4) is 0 Å². The zero-order valence-corrected chi connectivity index (χ0v) is 9.93. The molecule has 1 heterocycles. The van der Waals surface area contributed by atoms with Gasteiger partial charge in [0.25, 0.3) is 0 Å². The summed E-state index contributed by atoms with van der Waals surface area (Å²) in [5.41, 5.74) is 3.91. The quantitative estimate of drug-likeness (QED) is 0.721. The summed E-state index contributed by atoms with van der Waals surface area (Å²) in [7, 11) is 0. The zero-order valence-electron chi connectivity index (χ0n) is 9.93. The van der Waals surface area contributed by atoms with Gasteiger partial charge in [-0.2, -0.15) is 0 Å². The number of anilines is 1. The number of allylic oxidation sites excluding steroid dienone is 5. The third kappa shape index (κ3) is 1.34. The van der Waals surface area contributed by atoms with Gasteiger partial charge in [0.1, 0.15) is 0 Å². The summed E-state index contributed by atoms with van der Waals surface area (Å²) < 4.78 is 0. The number of hydrogen-bond acceptors (Lipinski definition) is 1. The van der Waals surface area contributed by atoms with Crippen LogP contribution in [0.15, 0.2) is 54.7 Å². The third-order valence-electron chi connectivity index (χ3n) is 3.64. The summed E-state index contributed by atoms with van der Waals surface area (Å²) in [6.45, 7) is 0. The van der Waals surface area contributed by atoms with Crippen LogP contribution in [0, 0.1) is 0 Å². The van der Waals surface area contributed by atoms with E-state index in [-0.39, 0.29) is 0 Å². The second kappa shape index (κ2) is 3.61. The number of nitrogens with one attached hydrogen (secondary N) is 1. The molecule has 2 aliphatic carbocycles. The molecule has 1 nitrogen and oxygen atoms in total. The second-order valence-electron chi connectivity index (χ2n) is 4.76. The molecule has 1 heteroatoms. The Bertz CT molecular complexity index is 758. The second-order valence-corrected chi connectivity index (χ2v) is 4.76. The van der Waals surface area contributed by atoms with Gasteiger partial charge in [0.05, 0.1) is 6.04 Å². The molecule has 0 saturated heterocycles. The minimum Gasteiger partial charge on any atom is -0.374 e. The maximum absolute atomic E-state index is 3.56. The molecule has 0 bridgehead atoms. The average molecular weight is 231 g/mol. The first-order valence-corrected chi connectivity index (χ1v) is 6.26. The van der Waals surface area contributed by atoms with E-state index < -0.39 is 0 Å². The Morgan fingerprint density at radius 2 is 1.83 bits per heavy atom. The van der Waals surface area contributed by atoms with Crippen molar-refractivity contribution in [3.8, 4) is 0 Å². The molecule has 86 valence electrons. The monoisotopic (exact) mass is 231 g/mol. The summed E-state index contributed by atoms with van der Waals surface area (Å²) in [5, 5.41) is 6.17. The van der Waals surface area contributed by atoms with Crippen LogP contribution in [0.25, 0.3) is 17.7 Å². The van der Waals surface area contributed by atoms with Crippen molar-refractivity contribution in [2.24, 2.45) is 0 Å². The van der Waals surface area contributed by atoms with Crippen molar-refractivity contribution in [3.05, 3.63) is 70.7 Å². The zero-order chi connectivity index (χ0) is 11.9. The first-order chi connectivity index (χ1) is 8.92. The lowest BCUT2D eigenvalue weighted by molar-refractivity contribution is 1.16. The molecule has 0 spiro atoms. The molecule has 1 atom stereocenters. The highest BCUT2D eigenvalue weighted by atomic mass is 14.9. The van der Waals surface area contributed by atoms with E-state index in [0.717, 1.165) is 0 Å². The Hall–Kier alpha value is -2.28. The van der Waals surface area contributed by atoms with Crippen molar-refractivity contribution < 1.29 is 0 Å². The maximum atomic E-state index is 3.56. The highest BCUT2D eigenvalue weighted by Gasteiger charge is 2.20. The van der Waals surface area contributed by atoms with Crippen LogP contribution >= 0.6 is 0 Å². The van der Waals surface area contributed by atoms with E-state index in [2.05, 4.69) is 72.1 Å². The molecule has 0 fully saturated rings. The van der Waals surface area contributed by atoms with Crippen LogP contribution in [0.2, 0.25) is 0 Å². The van der Waals surface area contributed by atoms with E-state index >= 15 is 0 Å². The Morgan fingerprint density at radius 1 is 0.889 bits per heavy atom. The van der Waals surface area contributed by atoms with Crippen LogP contribution in [-0.4, -0.2) is 6.04 Å². The van der Waals surface area contributed by atoms with Crippen molar-refractivity contribution in [1.29, 1.82) is 0 Å². The minimum absolute atomic E-state index is 0.343. The largest absolute Gasteiger partial charge is 0.374 e. The van der Waals surface area contributed by atoms with Gasteiger partial charge in [-0.05, 0) is 28.5 Å². The van der Waals surface area contributed by atoms with E-state index in [9.17, 15) is 0 Å². The van der Waals surface area contributed by atoms with E-state index in [1.807, 2.05) is 0 Å². The van der Waals surface area contributed by atoms with E-state index in [0.29, 0.717) is 6.04 Å². The molecule has 1 aromatic rings. The van der Waals surface area contributed by atoms with Gasteiger partial charge in [-0.3, -0.25) is 0 Å². The molecular formula is C17H13N. The molecule has 0 saturated carbocycles. The van der Waals surface area contributed by atoms with Gasteiger partial charge in [0.15, 0.2) is 0 Å². The highest BCUT2D eigenvalue weighted by molar-refractivity contribution is 5.80. The summed E-state index contributed by atoms with van der Waals surface area (Å²) >= 11 is 0. The summed E-state index contributed by atoms with van der Waals surface area (Å²) in [5.74, 6) is 0. The Labute approximate surface area is 106 Å². The van der Waals surface area contributed by atoms with Crippen LogP contribution < -0.4 is 15.8 Å². The minimum atomic E-state index is 0.343. The number of rotatable bonds is 0. The molecule has 1 aromatic carbocycles. The predicted molar refractivity (Wildman–Crippen MR) is 77.4 cm³/mol. The lowest BCUT2D eigenvalue weighted by atomic mass is 10.0. The molecule has 1 unspecified atom stereocenters. The summed E-state index contributed by atoms with van der Waals surface area (Å²) in [4.78, 5) is 0. The molecule has 3 aliphatic rings. The molecule has 1 aliphatic heterocycles. The topological polar surface area (TPSA) is 12.0 Å². The van der Waals surface area contributed by atoms with Crippen molar-refractivity contribution >= 4 is 23.4 Å². The SMILES string of the molecule is C1=CC=c2cc3c(cc2C=C1)=C1C=CC=CC1N3. The van der Waals surface area contributed by atoms with Gasteiger partial charge < -0.3 is 5.32 Å². The molecule has 0 aromatic heterocycles. The number of hydrogen-bond donors (Lipinski definition) is 1. The Balaban J connectivity index is 2.04. The Kier molecular flexibility index (Phi) is 1.95. The van der Waals surface area contributed by atoms with E-state index in [1.165, 1.54) is 27.3 Å². The predicted octanol–water partition coefficient (Wildman–Crippen LogP) is 2.12. The van der Waals surface area contributed by atoms with E-state index in [1.54, 1.807) is 0 Å². The standard InChI is InChI=1S/C17H13N/c1-2-6-12-10-15-14-8-4-5-9-16(14)18-17(15)11-13(12)7-3-1/h1-11,16,18H. The summed E-state index contributed by atoms with van der Waals surface area (Å²) in [6, 6.07) is 4.88. The lowest BCUT2D eigenvalue weighted by Crippen LogP contribution is -2.14. The third-order valence-corrected chi connectivity index (χ3v) is 3.64. The van der Waals surface area contributed by atoms with Crippen molar-refractivity contribution in [3.63, 3.8) is 0 Å². The fraction of sp³-hybridized carbons (Fsp3) is 0.0588. The van der Waals surface area contributed by atoms with Gasteiger partial charge in [-0.15, -0.1) is 0 Å². The number of benzene rings is 1. The molecule has 18 heavy (non-hydrogen) atoms. The first kappa shape index (κ1) is 9.72. The molecule has 0 amide bonds. The van der Waals surface area contributed by atoms with Gasteiger partial charge in [-0.1, -0.05) is 54.7 Å². The fourth-order valence-electron chi connectivity index (χ4n) is 2.76. The van der Waals surface area contributed by atoms with Gasteiger partial charge >= 0.3 is 0 Å². The average Bonchev–Trinajstić information content (AvgIpc) is 2.59. The normalized spacial score (nSPS) is 21.8. The fourth-order valence-corrected chi connectivity index (χ4v) is 2.76. The van der Waals surface area contributed by atoms with Gasteiger partial charge in [-0.25, -0.2) is 0 Å². The van der Waals surface area contributed by atoms with Crippen molar-refractivity contribution in [1.82, 2.24) is 0 Å².